The highest BCUT2D eigenvalue weighted by Crippen LogP contribution is 2.20. The lowest BCUT2D eigenvalue weighted by atomic mass is 9.95. The van der Waals surface area contributed by atoms with Gasteiger partial charge in [0.2, 0.25) is 5.91 Å². The highest BCUT2D eigenvalue weighted by atomic mass is 35.5. The lowest BCUT2D eigenvalue weighted by molar-refractivity contribution is -0.129. The third kappa shape index (κ3) is 4.34. The van der Waals surface area contributed by atoms with Crippen LogP contribution in [-0.4, -0.2) is 24.2 Å². The second-order valence-electron chi connectivity index (χ2n) is 5.43. The second-order valence-corrected chi connectivity index (χ2v) is 5.87. The molecule has 1 aromatic carbocycles. The van der Waals surface area contributed by atoms with Gasteiger partial charge in [0.25, 0.3) is 0 Å². The van der Waals surface area contributed by atoms with Crippen molar-refractivity contribution in [3.63, 3.8) is 0 Å². The first-order chi connectivity index (χ1) is 10.9. The van der Waals surface area contributed by atoms with E-state index < -0.39 is 12.2 Å². The molecule has 1 heterocycles. The van der Waals surface area contributed by atoms with Crippen LogP contribution < -0.4 is 21.7 Å². The van der Waals surface area contributed by atoms with Crippen LogP contribution in [0.3, 0.4) is 0 Å². The van der Waals surface area contributed by atoms with E-state index in [1.54, 1.807) is 12.1 Å². The SMILES string of the molecule is Cc1ccc(Cl)cc1N/C(N)=N/C1NC(=O)C(CC#N)C(C)N1. The molecule has 23 heavy (non-hydrogen) atoms. The second kappa shape index (κ2) is 7.31. The van der Waals surface area contributed by atoms with Gasteiger partial charge in [0.15, 0.2) is 12.2 Å². The van der Waals surface area contributed by atoms with E-state index in [4.69, 9.17) is 22.6 Å². The molecule has 1 amide bonds. The maximum Gasteiger partial charge on any atom is 0.228 e. The molecular weight excluding hydrogens is 316 g/mol. The minimum atomic E-state index is -0.639. The van der Waals surface area contributed by atoms with Crippen molar-refractivity contribution in [2.75, 3.05) is 5.32 Å². The number of halogens is 1. The molecule has 0 radical (unpaired) electrons. The highest BCUT2D eigenvalue weighted by Gasteiger charge is 2.33. The molecule has 1 aliphatic rings. The Morgan fingerprint density at radius 2 is 2.30 bits per heavy atom. The van der Waals surface area contributed by atoms with Crippen molar-refractivity contribution in [2.45, 2.75) is 32.6 Å². The first-order valence-electron chi connectivity index (χ1n) is 7.20. The van der Waals surface area contributed by atoms with Gasteiger partial charge in [0.1, 0.15) is 0 Å². The van der Waals surface area contributed by atoms with Crippen LogP contribution in [-0.2, 0) is 4.79 Å². The first-order valence-corrected chi connectivity index (χ1v) is 7.58. The summed E-state index contributed by atoms with van der Waals surface area (Å²) in [5.41, 5.74) is 7.61. The van der Waals surface area contributed by atoms with E-state index in [0.29, 0.717) is 5.02 Å². The Balaban J connectivity index is 2.06. The number of nitrogens with one attached hydrogen (secondary N) is 3. The summed E-state index contributed by atoms with van der Waals surface area (Å²) in [5, 5.41) is 18.1. The molecule has 0 bridgehead atoms. The predicted molar refractivity (Wildman–Crippen MR) is 89.7 cm³/mol. The van der Waals surface area contributed by atoms with Gasteiger partial charge in [0.05, 0.1) is 12.0 Å². The zero-order valence-electron chi connectivity index (χ0n) is 12.9. The van der Waals surface area contributed by atoms with Crippen LogP contribution in [0, 0.1) is 24.2 Å². The molecule has 3 unspecified atom stereocenters. The van der Waals surface area contributed by atoms with Gasteiger partial charge in [-0.3, -0.25) is 10.1 Å². The Labute approximate surface area is 139 Å². The zero-order chi connectivity index (χ0) is 17.0. The largest absolute Gasteiger partial charge is 0.370 e. The summed E-state index contributed by atoms with van der Waals surface area (Å²) < 4.78 is 0. The maximum atomic E-state index is 12.0. The molecule has 122 valence electrons. The maximum absolute atomic E-state index is 12.0. The van der Waals surface area contributed by atoms with E-state index in [2.05, 4.69) is 20.9 Å². The molecule has 3 atom stereocenters. The van der Waals surface area contributed by atoms with Crippen LogP contribution >= 0.6 is 11.6 Å². The fraction of sp³-hybridized carbons (Fsp3) is 0.400. The lowest BCUT2D eigenvalue weighted by Crippen LogP contribution is -2.60. The van der Waals surface area contributed by atoms with Crippen molar-refractivity contribution in [3.8, 4) is 6.07 Å². The van der Waals surface area contributed by atoms with Gasteiger partial charge in [-0.05, 0) is 31.5 Å². The van der Waals surface area contributed by atoms with Crippen molar-refractivity contribution in [1.82, 2.24) is 10.6 Å². The number of hydrogen-bond acceptors (Lipinski definition) is 4. The lowest BCUT2D eigenvalue weighted by Gasteiger charge is -2.32. The van der Waals surface area contributed by atoms with Gasteiger partial charge >= 0.3 is 0 Å². The van der Waals surface area contributed by atoms with Crippen molar-refractivity contribution >= 4 is 29.2 Å². The Kier molecular flexibility index (Phi) is 5.42. The Morgan fingerprint density at radius 3 is 2.96 bits per heavy atom. The zero-order valence-corrected chi connectivity index (χ0v) is 13.7. The van der Waals surface area contributed by atoms with E-state index in [0.717, 1.165) is 11.3 Å². The fourth-order valence-electron chi connectivity index (χ4n) is 2.35. The van der Waals surface area contributed by atoms with Gasteiger partial charge in [-0.15, -0.1) is 0 Å². The van der Waals surface area contributed by atoms with Crippen LogP contribution in [0.15, 0.2) is 23.2 Å². The number of anilines is 1. The number of rotatable bonds is 3. The summed E-state index contributed by atoms with van der Waals surface area (Å²) in [5.74, 6) is -0.451. The number of nitrogens with zero attached hydrogens (tertiary/aromatic N) is 2. The molecule has 1 aromatic rings. The van der Waals surface area contributed by atoms with E-state index in [-0.39, 0.29) is 24.3 Å². The Bertz CT molecular complexity index is 668. The summed E-state index contributed by atoms with van der Waals surface area (Å²) in [6, 6.07) is 7.25. The van der Waals surface area contributed by atoms with Crippen molar-refractivity contribution in [3.05, 3.63) is 28.8 Å². The summed E-state index contributed by atoms with van der Waals surface area (Å²) in [4.78, 5) is 16.2. The third-order valence-corrected chi connectivity index (χ3v) is 3.92. The summed E-state index contributed by atoms with van der Waals surface area (Å²) in [6.07, 6.45) is -0.481. The number of carbonyl (C=O) groups is 1. The number of carbonyl (C=O) groups excluding carboxylic acids is 1. The summed E-state index contributed by atoms with van der Waals surface area (Å²) >= 11 is 5.96. The van der Waals surface area contributed by atoms with Gasteiger partial charge in [-0.25, -0.2) is 4.99 Å². The molecule has 2 rings (SSSR count). The summed E-state index contributed by atoms with van der Waals surface area (Å²) in [7, 11) is 0. The van der Waals surface area contributed by atoms with E-state index in [9.17, 15) is 4.79 Å². The van der Waals surface area contributed by atoms with Crippen LogP contribution in [0.1, 0.15) is 18.9 Å². The summed E-state index contributed by atoms with van der Waals surface area (Å²) in [6.45, 7) is 3.76. The number of guanidine groups is 1. The fourth-order valence-corrected chi connectivity index (χ4v) is 2.52. The van der Waals surface area contributed by atoms with Gasteiger partial charge in [-0.2, -0.15) is 5.26 Å². The molecule has 0 aliphatic carbocycles. The Hall–Kier alpha value is -2.30. The quantitative estimate of drug-likeness (QED) is 0.491. The number of nitriles is 1. The number of amides is 1. The molecule has 7 nitrogen and oxygen atoms in total. The number of nitrogens with two attached hydrogens (primary N) is 1. The van der Waals surface area contributed by atoms with Crippen LogP contribution in [0.2, 0.25) is 5.02 Å². The van der Waals surface area contributed by atoms with Crippen LogP contribution in [0.4, 0.5) is 5.69 Å². The first kappa shape index (κ1) is 17.1. The number of benzene rings is 1. The molecule has 5 N–H and O–H groups in total. The smallest absolute Gasteiger partial charge is 0.228 e. The molecule has 0 spiro atoms. The normalized spacial score (nSPS) is 24.7. The van der Waals surface area contributed by atoms with Gasteiger partial charge in [0, 0.05) is 23.2 Å². The topological polar surface area (TPSA) is 115 Å². The molecule has 0 saturated carbocycles. The third-order valence-electron chi connectivity index (χ3n) is 3.68. The number of aliphatic imine (C=N–C) groups is 1. The average molecular weight is 335 g/mol. The van der Waals surface area contributed by atoms with Gasteiger partial charge in [-0.1, -0.05) is 17.7 Å². The van der Waals surface area contributed by atoms with E-state index in [1.165, 1.54) is 0 Å². The van der Waals surface area contributed by atoms with Crippen LogP contribution in [0.5, 0.6) is 0 Å². The number of hydrogen-bond donors (Lipinski definition) is 4. The predicted octanol–water partition coefficient (Wildman–Crippen LogP) is 1.30. The molecule has 8 heteroatoms. The van der Waals surface area contributed by atoms with E-state index >= 15 is 0 Å². The Morgan fingerprint density at radius 1 is 1.57 bits per heavy atom. The molecule has 0 aromatic heterocycles. The number of aryl methyl sites for hydroxylation is 1. The minimum Gasteiger partial charge on any atom is -0.370 e. The van der Waals surface area contributed by atoms with Gasteiger partial charge < -0.3 is 16.4 Å². The van der Waals surface area contributed by atoms with Crippen LogP contribution in [0.25, 0.3) is 0 Å². The van der Waals surface area contributed by atoms with Crippen molar-refractivity contribution < 1.29 is 4.79 Å². The standard InChI is InChI=1S/C15H19ClN6O/c1-8-3-4-10(16)7-12(8)20-14(18)22-15-19-9(2)11(5-6-17)13(23)21-15/h3-4,7,9,11,15,19H,5H2,1-2H3,(H,21,23)(H3,18,20,22). The van der Waals surface area contributed by atoms with Crippen molar-refractivity contribution in [1.29, 1.82) is 5.26 Å². The highest BCUT2D eigenvalue weighted by molar-refractivity contribution is 6.31. The molecule has 1 saturated heterocycles. The average Bonchev–Trinajstić information content (AvgIpc) is 2.46. The molecule has 1 aliphatic heterocycles. The molecular formula is C15H19ClN6O. The van der Waals surface area contributed by atoms with Crippen molar-refractivity contribution in [2.24, 2.45) is 16.6 Å². The minimum absolute atomic E-state index is 0.152. The van der Waals surface area contributed by atoms with E-state index in [1.807, 2.05) is 26.0 Å². The monoisotopic (exact) mass is 334 g/mol. The molecule has 1 fully saturated rings.